The van der Waals surface area contributed by atoms with Crippen LogP contribution in [0.3, 0.4) is 0 Å². The van der Waals surface area contributed by atoms with Gasteiger partial charge < -0.3 is 15.0 Å². The Balaban J connectivity index is 1.66. The highest BCUT2D eigenvalue weighted by Gasteiger charge is 2.24. The molecule has 166 valence electrons. The van der Waals surface area contributed by atoms with Gasteiger partial charge >= 0.3 is 5.97 Å². The zero-order chi connectivity index (χ0) is 22.9. The summed E-state index contributed by atoms with van der Waals surface area (Å²) in [5, 5.41) is 16.3. The van der Waals surface area contributed by atoms with Crippen molar-refractivity contribution in [3.05, 3.63) is 71.9 Å². The van der Waals surface area contributed by atoms with Crippen LogP contribution < -0.4 is 5.32 Å². The SMILES string of the molecule is CCc1sc2ncnc(N[C@H](Cc3cn(C)cn3)C(=O)O)c2c1-c1cccc2ccccc12. The van der Waals surface area contributed by atoms with E-state index in [1.807, 2.05) is 29.9 Å². The van der Waals surface area contributed by atoms with Crippen molar-refractivity contribution in [2.45, 2.75) is 25.8 Å². The molecule has 33 heavy (non-hydrogen) atoms. The fraction of sp³-hybridized carbons (Fsp3) is 0.200. The lowest BCUT2D eigenvalue weighted by molar-refractivity contribution is -0.137. The maximum Gasteiger partial charge on any atom is 0.326 e. The van der Waals surface area contributed by atoms with E-state index in [4.69, 9.17) is 0 Å². The van der Waals surface area contributed by atoms with Crippen LogP contribution in [0.1, 0.15) is 17.5 Å². The fourth-order valence-corrected chi connectivity index (χ4v) is 5.31. The minimum atomic E-state index is -0.954. The van der Waals surface area contributed by atoms with E-state index in [-0.39, 0.29) is 6.42 Å². The van der Waals surface area contributed by atoms with Crippen molar-refractivity contribution in [1.29, 1.82) is 0 Å². The van der Waals surface area contributed by atoms with Gasteiger partial charge in [0.2, 0.25) is 0 Å². The first kappa shape index (κ1) is 21.1. The van der Waals surface area contributed by atoms with E-state index >= 15 is 0 Å². The molecular formula is C25H23N5O2S. The third-order valence-electron chi connectivity index (χ3n) is 5.72. The molecule has 0 bridgehead atoms. The average molecular weight is 458 g/mol. The van der Waals surface area contributed by atoms with Crippen molar-refractivity contribution in [3.63, 3.8) is 0 Å². The number of hydrogen-bond donors (Lipinski definition) is 2. The Bertz CT molecular complexity index is 1470. The van der Waals surface area contributed by atoms with Gasteiger partial charge in [-0.3, -0.25) is 0 Å². The van der Waals surface area contributed by atoms with Gasteiger partial charge in [-0.15, -0.1) is 11.3 Å². The number of anilines is 1. The normalized spacial score (nSPS) is 12.3. The number of imidazole rings is 1. The zero-order valence-corrected chi connectivity index (χ0v) is 19.1. The van der Waals surface area contributed by atoms with Gasteiger partial charge in [0, 0.05) is 30.1 Å². The van der Waals surface area contributed by atoms with Gasteiger partial charge in [0.05, 0.1) is 17.4 Å². The number of hydrogen-bond acceptors (Lipinski definition) is 6. The number of nitrogens with zero attached hydrogens (tertiary/aromatic N) is 4. The molecule has 5 rings (SSSR count). The average Bonchev–Trinajstić information content (AvgIpc) is 3.41. The van der Waals surface area contributed by atoms with Crippen LogP contribution in [0.2, 0.25) is 0 Å². The van der Waals surface area contributed by atoms with Gasteiger partial charge in [0.15, 0.2) is 0 Å². The van der Waals surface area contributed by atoms with Crippen LogP contribution in [-0.2, 0) is 24.7 Å². The Labute approximate surface area is 194 Å². The summed E-state index contributed by atoms with van der Waals surface area (Å²) in [6.45, 7) is 2.13. The first-order chi connectivity index (χ1) is 16.0. The minimum absolute atomic E-state index is 0.246. The molecule has 7 nitrogen and oxygen atoms in total. The fourth-order valence-electron chi connectivity index (χ4n) is 4.21. The number of aliphatic carboxylic acids is 1. The molecule has 0 radical (unpaired) electrons. The molecule has 0 aliphatic rings. The van der Waals surface area contributed by atoms with E-state index in [0.29, 0.717) is 11.5 Å². The molecule has 0 amide bonds. The molecule has 0 saturated heterocycles. The van der Waals surface area contributed by atoms with E-state index in [9.17, 15) is 9.90 Å². The smallest absolute Gasteiger partial charge is 0.326 e. The van der Waals surface area contributed by atoms with Crippen LogP contribution in [0.15, 0.2) is 61.3 Å². The number of fused-ring (bicyclic) bond motifs is 2. The molecule has 5 aromatic rings. The summed E-state index contributed by atoms with van der Waals surface area (Å²) < 4.78 is 1.81. The molecule has 0 fully saturated rings. The minimum Gasteiger partial charge on any atom is -0.480 e. The lowest BCUT2D eigenvalue weighted by Gasteiger charge is -2.16. The summed E-state index contributed by atoms with van der Waals surface area (Å²) in [4.78, 5) is 27.4. The molecule has 0 saturated carbocycles. The van der Waals surface area contributed by atoms with Gasteiger partial charge in [0.25, 0.3) is 0 Å². The number of aryl methyl sites for hydroxylation is 2. The monoisotopic (exact) mass is 457 g/mol. The summed E-state index contributed by atoms with van der Waals surface area (Å²) in [7, 11) is 1.86. The molecular weight excluding hydrogens is 434 g/mol. The Kier molecular flexibility index (Phi) is 5.51. The molecule has 0 aliphatic heterocycles. The number of nitrogens with one attached hydrogen (secondary N) is 1. The van der Waals surface area contributed by atoms with E-state index < -0.39 is 12.0 Å². The highest BCUT2D eigenvalue weighted by atomic mass is 32.1. The number of rotatable bonds is 7. The third-order valence-corrected chi connectivity index (χ3v) is 6.96. The molecule has 8 heteroatoms. The lowest BCUT2D eigenvalue weighted by Crippen LogP contribution is -2.32. The van der Waals surface area contributed by atoms with E-state index in [0.717, 1.165) is 38.5 Å². The standard InChI is InChI=1S/C25H23N5O2S/c1-3-20-21(18-10-6-8-15-7-4-5-9-17(15)18)22-23(26-13-27-24(22)33-20)29-19(25(31)32)11-16-12-30(2)14-28-16/h4-10,12-14,19H,3,11H2,1-2H3,(H,31,32)(H,26,27,29)/t19-/m1/s1. The molecule has 2 N–H and O–H groups in total. The molecule has 3 heterocycles. The summed E-state index contributed by atoms with van der Waals surface area (Å²) >= 11 is 1.63. The molecule has 0 aliphatic carbocycles. The van der Waals surface area contributed by atoms with Crippen molar-refractivity contribution in [2.75, 3.05) is 5.32 Å². The van der Waals surface area contributed by atoms with Crippen LogP contribution in [0, 0.1) is 0 Å². The number of thiophene rings is 1. The number of carbonyl (C=O) groups is 1. The molecule has 3 aromatic heterocycles. The number of carboxylic acids is 1. The summed E-state index contributed by atoms with van der Waals surface area (Å²) in [6, 6.07) is 13.7. The predicted octanol–water partition coefficient (Wildman–Crippen LogP) is 4.92. The second kappa shape index (κ2) is 8.63. The van der Waals surface area contributed by atoms with E-state index in [1.54, 1.807) is 17.7 Å². The maximum absolute atomic E-state index is 12.1. The van der Waals surface area contributed by atoms with Gasteiger partial charge in [0.1, 0.15) is 23.0 Å². The van der Waals surface area contributed by atoms with Crippen molar-refractivity contribution >= 4 is 44.1 Å². The summed E-state index contributed by atoms with van der Waals surface area (Å²) in [5.41, 5.74) is 2.88. The van der Waals surface area contributed by atoms with Crippen molar-refractivity contribution in [2.24, 2.45) is 7.05 Å². The summed E-state index contributed by atoms with van der Waals surface area (Å²) in [5.74, 6) is -0.424. The van der Waals surface area contributed by atoms with Crippen molar-refractivity contribution < 1.29 is 9.90 Å². The number of carboxylic acid groups (broad SMARTS) is 1. The highest BCUT2D eigenvalue weighted by molar-refractivity contribution is 7.19. The maximum atomic E-state index is 12.1. The first-order valence-corrected chi connectivity index (χ1v) is 11.6. The van der Waals surface area contributed by atoms with E-state index in [2.05, 4.69) is 57.5 Å². The summed E-state index contributed by atoms with van der Waals surface area (Å²) in [6.07, 6.45) is 6.08. The molecule has 0 spiro atoms. The zero-order valence-electron chi connectivity index (χ0n) is 18.3. The number of benzene rings is 2. The highest BCUT2D eigenvalue weighted by Crippen LogP contribution is 2.43. The largest absolute Gasteiger partial charge is 0.480 e. The van der Waals surface area contributed by atoms with Gasteiger partial charge in [-0.2, -0.15) is 0 Å². The predicted molar refractivity (Wildman–Crippen MR) is 132 cm³/mol. The second-order valence-corrected chi connectivity index (χ2v) is 9.04. The Morgan fingerprint density at radius 1 is 1.15 bits per heavy atom. The lowest BCUT2D eigenvalue weighted by atomic mass is 9.96. The van der Waals surface area contributed by atoms with Gasteiger partial charge in [-0.1, -0.05) is 49.4 Å². The van der Waals surface area contributed by atoms with Gasteiger partial charge in [-0.05, 0) is 22.8 Å². The van der Waals surface area contributed by atoms with Crippen LogP contribution in [0.25, 0.3) is 32.1 Å². The second-order valence-electron chi connectivity index (χ2n) is 7.95. The van der Waals surface area contributed by atoms with E-state index in [1.165, 1.54) is 11.2 Å². The quantitative estimate of drug-likeness (QED) is 0.361. The van der Waals surface area contributed by atoms with Crippen molar-refractivity contribution in [1.82, 2.24) is 19.5 Å². The van der Waals surface area contributed by atoms with Crippen LogP contribution in [-0.4, -0.2) is 36.6 Å². The van der Waals surface area contributed by atoms with Crippen LogP contribution >= 0.6 is 11.3 Å². The van der Waals surface area contributed by atoms with Crippen molar-refractivity contribution in [3.8, 4) is 11.1 Å². The number of aromatic nitrogens is 4. The molecule has 0 unspecified atom stereocenters. The van der Waals surface area contributed by atoms with Crippen LogP contribution in [0.5, 0.6) is 0 Å². The molecule has 1 atom stereocenters. The van der Waals surface area contributed by atoms with Gasteiger partial charge in [-0.25, -0.2) is 19.7 Å². The Morgan fingerprint density at radius 3 is 2.73 bits per heavy atom. The Morgan fingerprint density at radius 2 is 1.97 bits per heavy atom. The Hall–Kier alpha value is -3.78. The molecule has 2 aromatic carbocycles. The first-order valence-electron chi connectivity index (χ1n) is 10.8. The third kappa shape index (κ3) is 3.93. The van der Waals surface area contributed by atoms with Crippen LogP contribution in [0.4, 0.5) is 5.82 Å². The topological polar surface area (TPSA) is 92.9 Å².